The maximum atomic E-state index is 11.2. The molecule has 16 heavy (non-hydrogen) atoms. The summed E-state index contributed by atoms with van der Waals surface area (Å²) in [5.74, 6) is 0.992. The molecule has 2 rings (SSSR count). The summed E-state index contributed by atoms with van der Waals surface area (Å²) in [7, 11) is -2.82. The zero-order valence-corrected chi connectivity index (χ0v) is 9.96. The van der Waals surface area contributed by atoms with Gasteiger partial charge in [0, 0.05) is 17.8 Å². The van der Waals surface area contributed by atoms with Gasteiger partial charge in [-0.25, -0.2) is 13.4 Å². The van der Waals surface area contributed by atoms with Crippen LogP contribution in [0.1, 0.15) is 18.5 Å². The standard InChI is InChI=1S/C11H14NO3S/c1-9-3-2-4-11(12-9)15-10-5-7-16(13,14)8-6-10/h2,4,10H,5-8H2,1H3. The first-order chi connectivity index (χ1) is 7.55. The maximum absolute atomic E-state index is 11.2. The van der Waals surface area contributed by atoms with Gasteiger partial charge in [-0.2, -0.15) is 0 Å². The topological polar surface area (TPSA) is 56.3 Å². The summed E-state index contributed by atoms with van der Waals surface area (Å²) in [6.07, 6.45) is 1.08. The average Bonchev–Trinajstić information content (AvgIpc) is 2.21. The van der Waals surface area contributed by atoms with E-state index in [4.69, 9.17) is 4.74 Å². The van der Waals surface area contributed by atoms with Crippen LogP contribution in [-0.4, -0.2) is 31.0 Å². The summed E-state index contributed by atoms with van der Waals surface area (Å²) >= 11 is 0. The molecular weight excluding hydrogens is 226 g/mol. The highest BCUT2D eigenvalue weighted by Crippen LogP contribution is 2.18. The van der Waals surface area contributed by atoms with E-state index >= 15 is 0 Å². The molecule has 1 aromatic heterocycles. The Morgan fingerprint density at radius 1 is 1.44 bits per heavy atom. The second-order valence-electron chi connectivity index (χ2n) is 3.98. The molecule has 1 aromatic rings. The fraction of sp³-hybridized carbons (Fsp3) is 0.545. The van der Waals surface area contributed by atoms with Crippen molar-refractivity contribution >= 4 is 9.84 Å². The predicted molar refractivity (Wildman–Crippen MR) is 60.1 cm³/mol. The first-order valence-electron chi connectivity index (χ1n) is 5.27. The number of hydrogen-bond acceptors (Lipinski definition) is 4. The quantitative estimate of drug-likeness (QED) is 0.778. The second kappa shape index (κ2) is 4.41. The van der Waals surface area contributed by atoms with Gasteiger partial charge in [0.25, 0.3) is 0 Å². The van der Waals surface area contributed by atoms with E-state index in [1.165, 1.54) is 0 Å². The Balaban J connectivity index is 1.97. The molecule has 0 spiro atoms. The lowest BCUT2D eigenvalue weighted by Gasteiger charge is -2.22. The van der Waals surface area contributed by atoms with Gasteiger partial charge in [0.15, 0.2) is 9.84 Å². The van der Waals surface area contributed by atoms with Crippen LogP contribution in [0.4, 0.5) is 0 Å². The first-order valence-corrected chi connectivity index (χ1v) is 7.10. The van der Waals surface area contributed by atoms with E-state index in [-0.39, 0.29) is 17.6 Å². The van der Waals surface area contributed by atoms with Crippen LogP contribution in [0.2, 0.25) is 0 Å². The van der Waals surface area contributed by atoms with Crippen molar-refractivity contribution < 1.29 is 13.2 Å². The van der Waals surface area contributed by atoms with E-state index in [1.807, 2.05) is 6.92 Å². The Morgan fingerprint density at radius 3 is 2.75 bits per heavy atom. The van der Waals surface area contributed by atoms with Crippen LogP contribution in [0.3, 0.4) is 0 Å². The Bertz CT molecular complexity index is 456. The SMILES string of the molecule is Cc1[c]ccc(OC2CCS(=O)(=O)CC2)n1. The molecule has 0 aliphatic carbocycles. The number of aryl methyl sites for hydroxylation is 1. The van der Waals surface area contributed by atoms with Gasteiger partial charge in [0.05, 0.1) is 11.5 Å². The molecule has 0 atom stereocenters. The molecular formula is C11H14NO3S. The number of nitrogens with zero attached hydrogens (tertiary/aromatic N) is 1. The molecule has 5 heteroatoms. The van der Waals surface area contributed by atoms with Crippen LogP contribution < -0.4 is 4.74 Å². The monoisotopic (exact) mass is 240 g/mol. The fourth-order valence-corrected chi connectivity index (χ4v) is 3.14. The van der Waals surface area contributed by atoms with Gasteiger partial charge >= 0.3 is 0 Å². The molecule has 1 fully saturated rings. The molecule has 0 aromatic carbocycles. The lowest BCUT2D eigenvalue weighted by Crippen LogP contribution is -2.30. The normalized spacial score (nSPS) is 20.6. The van der Waals surface area contributed by atoms with Crippen molar-refractivity contribution in [2.24, 2.45) is 0 Å². The Labute approximate surface area is 95.6 Å². The summed E-state index contributed by atoms with van der Waals surface area (Å²) in [4.78, 5) is 4.18. The summed E-state index contributed by atoms with van der Waals surface area (Å²) in [5.41, 5.74) is 0.779. The third-order valence-corrected chi connectivity index (χ3v) is 4.30. The summed E-state index contributed by atoms with van der Waals surface area (Å²) < 4.78 is 28.1. The average molecular weight is 240 g/mol. The first kappa shape index (κ1) is 11.4. The van der Waals surface area contributed by atoms with Gasteiger partial charge in [-0.1, -0.05) is 0 Å². The minimum absolute atomic E-state index is 0.0298. The maximum Gasteiger partial charge on any atom is 0.213 e. The zero-order valence-electron chi connectivity index (χ0n) is 9.14. The van der Waals surface area contributed by atoms with Crippen LogP contribution in [0.25, 0.3) is 0 Å². The Hall–Kier alpha value is -1.10. The summed E-state index contributed by atoms with van der Waals surface area (Å²) in [6, 6.07) is 6.44. The van der Waals surface area contributed by atoms with E-state index in [9.17, 15) is 8.42 Å². The van der Waals surface area contributed by atoms with E-state index in [0.29, 0.717) is 18.7 Å². The molecule has 4 nitrogen and oxygen atoms in total. The molecule has 1 aliphatic heterocycles. The third-order valence-electron chi connectivity index (χ3n) is 2.59. The predicted octanol–water partition coefficient (Wildman–Crippen LogP) is 1.15. The molecule has 1 aliphatic rings. The second-order valence-corrected chi connectivity index (χ2v) is 6.29. The smallest absolute Gasteiger partial charge is 0.213 e. The highest BCUT2D eigenvalue weighted by Gasteiger charge is 2.24. The van der Waals surface area contributed by atoms with Crippen molar-refractivity contribution in [3.05, 3.63) is 23.9 Å². The summed E-state index contributed by atoms with van der Waals surface area (Å²) in [5, 5.41) is 0. The van der Waals surface area contributed by atoms with Crippen molar-refractivity contribution in [3.8, 4) is 5.88 Å². The van der Waals surface area contributed by atoms with Crippen molar-refractivity contribution in [3.63, 3.8) is 0 Å². The largest absolute Gasteiger partial charge is 0.474 e. The van der Waals surface area contributed by atoms with Gasteiger partial charge in [0.1, 0.15) is 6.10 Å². The number of rotatable bonds is 2. The highest BCUT2D eigenvalue weighted by molar-refractivity contribution is 7.91. The van der Waals surface area contributed by atoms with Gasteiger partial charge in [0.2, 0.25) is 5.88 Å². The van der Waals surface area contributed by atoms with E-state index in [1.54, 1.807) is 12.1 Å². The summed E-state index contributed by atoms with van der Waals surface area (Å²) in [6.45, 7) is 1.85. The van der Waals surface area contributed by atoms with Crippen LogP contribution in [0, 0.1) is 13.0 Å². The zero-order chi connectivity index (χ0) is 11.6. The van der Waals surface area contributed by atoms with Crippen LogP contribution >= 0.6 is 0 Å². The molecule has 0 saturated carbocycles. The molecule has 1 radical (unpaired) electrons. The molecule has 1 saturated heterocycles. The van der Waals surface area contributed by atoms with Crippen LogP contribution in [0.5, 0.6) is 5.88 Å². The number of hydrogen-bond donors (Lipinski definition) is 0. The number of aromatic nitrogens is 1. The highest BCUT2D eigenvalue weighted by atomic mass is 32.2. The molecule has 0 bridgehead atoms. The van der Waals surface area contributed by atoms with Crippen LogP contribution in [0.15, 0.2) is 12.1 Å². The van der Waals surface area contributed by atoms with E-state index < -0.39 is 9.84 Å². The van der Waals surface area contributed by atoms with Gasteiger partial charge in [-0.05, 0) is 25.8 Å². The lowest BCUT2D eigenvalue weighted by molar-refractivity contribution is 0.181. The van der Waals surface area contributed by atoms with E-state index in [2.05, 4.69) is 11.1 Å². The molecule has 0 unspecified atom stereocenters. The Morgan fingerprint density at radius 2 is 2.12 bits per heavy atom. The van der Waals surface area contributed by atoms with Gasteiger partial charge in [-0.3, -0.25) is 0 Å². The molecule has 0 N–H and O–H groups in total. The minimum atomic E-state index is -2.82. The van der Waals surface area contributed by atoms with Crippen molar-refractivity contribution in [2.45, 2.75) is 25.9 Å². The van der Waals surface area contributed by atoms with Crippen molar-refractivity contribution in [2.75, 3.05) is 11.5 Å². The fourth-order valence-electron chi connectivity index (χ4n) is 1.69. The van der Waals surface area contributed by atoms with Gasteiger partial charge < -0.3 is 4.74 Å². The minimum Gasteiger partial charge on any atom is -0.474 e. The van der Waals surface area contributed by atoms with Crippen molar-refractivity contribution in [1.82, 2.24) is 4.98 Å². The van der Waals surface area contributed by atoms with Gasteiger partial charge in [-0.15, -0.1) is 0 Å². The van der Waals surface area contributed by atoms with Crippen molar-refractivity contribution in [1.29, 1.82) is 0 Å². The molecule has 2 heterocycles. The lowest BCUT2D eigenvalue weighted by atomic mass is 10.2. The number of ether oxygens (including phenoxy) is 1. The Kier molecular flexibility index (Phi) is 3.14. The number of sulfone groups is 1. The molecule has 0 amide bonds. The van der Waals surface area contributed by atoms with Crippen LogP contribution in [-0.2, 0) is 9.84 Å². The third kappa shape index (κ3) is 2.95. The van der Waals surface area contributed by atoms with E-state index in [0.717, 1.165) is 5.69 Å². The molecule has 87 valence electrons. The number of pyridine rings is 1.